The number of sulfonamides is 1. The second kappa shape index (κ2) is 9.74. The molecular weight excluding hydrogens is 438 g/mol. The number of piperidine rings is 2. The molecule has 0 radical (unpaired) electrons. The quantitative estimate of drug-likeness (QED) is 0.671. The summed E-state index contributed by atoms with van der Waals surface area (Å²) in [4.78, 5) is 30.4. The van der Waals surface area contributed by atoms with Gasteiger partial charge in [-0.3, -0.25) is 9.59 Å². The Morgan fingerprint density at radius 2 is 1.33 bits per heavy atom. The van der Waals surface area contributed by atoms with Crippen LogP contribution in [-0.4, -0.2) is 73.1 Å². The molecule has 1 atom stereocenters. The fraction of sp³-hybridized carbons (Fsp3) is 0.680. The molecule has 3 fully saturated rings. The van der Waals surface area contributed by atoms with Gasteiger partial charge in [0.05, 0.1) is 4.90 Å². The van der Waals surface area contributed by atoms with Crippen molar-refractivity contribution in [2.75, 3.05) is 32.7 Å². The van der Waals surface area contributed by atoms with Crippen LogP contribution in [0, 0.1) is 26.7 Å². The molecule has 4 rings (SSSR count). The molecule has 8 heteroatoms. The Kier molecular flexibility index (Phi) is 7.15. The van der Waals surface area contributed by atoms with Crippen molar-refractivity contribution in [3.8, 4) is 0 Å². The van der Waals surface area contributed by atoms with Crippen molar-refractivity contribution in [3.63, 3.8) is 0 Å². The second-order valence-corrected chi connectivity index (χ2v) is 11.8. The molecule has 0 spiro atoms. The Morgan fingerprint density at radius 1 is 0.758 bits per heavy atom. The first-order valence-corrected chi connectivity index (χ1v) is 13.8. The summed E-state index contributed by atoms with van der Waals surface area (Å²) in [6.45, 7) is 8.73. The third-order valence-electron chi connectivity index (χ3n) is 7.48. The minimum atomic E-state index is -3.76. The van der Waals surface area contributed by atoms with E-state index in [1.807, 2.05) is 37.8 Å². The summed E-state index contributed by atoms with van der Waals surface area (Å²) in [5, 5.41) is 0. The van der Waals surface area contributed by atoms with Gasteiger partial charge in [-0.1, -0.05) is 17.7 Å². The van der Waals surface area contributed by atoms with E-state index in [0.29, 0.717) is 50.2 Å². The van der Waals surface area contributed by atoms with Gasteiger partial charge in [0, 0.05) is 38.6 Å². The molecule has 3 heterocycles. The van der Waals surface area contributed by atoms with Gasteiger partial charge in [-0.05, 0) is 76.8 Å². The van der Waals surface area contributed by atoms with Gasteiger partial charge in [0.25, 0.3) is 0 Å². The molecule has 1 aromatic rings. The predicted molar refractivity (Wildman–Crippen MR) is 127 cm³/mol. The van der Waals surface area contributed by atoms with Crippen LogP contribution in [0.1, 0.15) is 61.6 Å². The van der Waals surface area contributed by atoms with E-state index >= 15 is 0 Å². The predicted octanol–water partition coefficient (Wildman–Crippen LogP) is 3.02. The second-order valence-electron chi connectivity index (χ2n) is 9.99. The Balaban J connectivity index is 1.44. The zero-order chi connectivity index (χ0) is 23.8. The lowest BCUT2D eigenvalue weighted by molar-refractivity contribution is -0.142. The van der Waals surface area contributed by atoms with Crippen molar-refractivity contribution >= 4 is 21.8 Å². The number of hydrogen-bond donors (Lipinski definition) is 0. The first kappa shape index (κ1) is 24.2. The van der Waals surface area contributed by atoms with Crippen LogP contribution in [-0.2, 0) is 19.6 Å². The summed E-state index contributed by atoms with van der Waals surface area (Å²) in [5.41, 5.74) is 2.48. The molecule has 3 aliphatic heterocycles. The summed E-state index contributed by atoms with van der Waals surface area (Å²) in [6.07, 6.45) is 5.91. The van der Waals surface area contributed by atoms with Gasteiger partial charge in [-0.2, -0.15) is 4.31 Å². The molecule has 1 aromatic carbocycles. The molecule has 1 unspecified atom stereocenters. The van der Waals surface area contributed by atoms with Crippen molar-refractivity contribution in [1.82, 2.24) is 14.1 Å². The Hall–Kier alpha value is -1.93. The fourth-order valence-corrected chi connectivity index (χ4v) is 7.96. The minimum absolute atomic E-state index is 0.0200. The number of rotatable bonds is 4. The van der Waals surface area contributed by atoms with Crippen LogP contribution in [0.5, 0.6) is 0 Å². The molecule has 0 aliphatic carbocycles. The van der Waals surface area contributed by atoms with Gasteiger partial charge in [0.15, 0.2) is 0 Å². The van der Waals surface area contributed by atoms with Gasteiger partial charge in [-0.25, -0.2) is 8.42 Å². The Labute approximate surface area is 198 Å². The molecule has 2 amide bonds. The van der Waals surface area contributed by atoms with Gasteiger partial charge in [-0.15, -0.1) is 0 Å². The van der Waals surface area contributed by atoms with Crippen LogP contribution in [0.15, 0.2) is 17.0 Å². The molecule has 0 bridgehead atoms. The lowest BCUT2D eigenvalue weighted by atomic mass is 9.94. The highest BCUT2D eigenvalue weighted by Gasteiger charge is 2.43. The molecule has 0 N–H and O–H groups in total. The largest absolute Gasteiger partial charge is 0.342 e. The Bertz CT molecular complexity index is 985. The van der Waals surface area contributed by atoms with Crippen molar-refractivity contribution in [1.29, 1.82) is 0 Å². The molecule has 3 saturated heterocycles. The normalized spacial score (nSPS) is 23.2. The lowest BCUT2D eigenvalue weighted by Gasteiger charge is -2.37. The van der Waals surface area contributed by atoms with Crippen molar-refractivity contribution in [3.05, 3.63) is 28.8 Å². The number of carbonyl (C=O) groups is 2. The maximum Gasteiger partial charge on any atom is 0.244 e. The van der Waals surface area contributed by atoms with E-state index in [2.05, 4.69) is 0 Å². The third kappa shape index (κ3) is 4.83. The van der Waals surface area contributed by atoms with Crippen molar-refractivity contribution in [2.45, 2.75) is 76.7 Å². The van der Waals surface area contributed by atoms with Crippen molar-refractivity contribution in [2.24, 2.45) is 5.92 Å². The van der Waals surface area contributed by atoms with Gasteiger partial charge < -0.3 is 9.80 Å². The standard InChI is InChI=1S/C25H37N3O4S/c1-18-16-19(2)23(20(3)17-18)33(31,32)28-13-7-8-22(28)25(30)27-14-9-21(10-15-27)24(29)26-11-5-4-6-12-26/h16-17,21-22H,4-15H2,1-3H3. The van der Waals surface area contributed by atoms with Crippen LogP contribution < -0.4 is 0 Å². The summed E-state index contributed by atoms with van der Waals surface area (Å²) in [5.74, 6) is 0.105. The van der Waals surface area contributed by atoms with E-state index in [1.54, 1.807) is 4.90 Å². The van der Waals surface area contributed by atoms with E-state index in [9.17, 15) is 18.0 Å². The molecule has 33 heavy (non-hydrogen) atoms. The van der Waals surface area contributed by atoms with Crippen LogP contribution in [0.3, 0.4) is 0 Å². The van der Waals surface area contributed by atoms with E-state index in [0.717, 1.165) is 42.6 Å². The first-order valence-electron chi connectivity index (χ1n) is 12.4. The molecule has 7 nitrogen and oxygen atoms in total. The summed E-state index contributed by atoms with van der Waals surface area (Å²) in [6, 6.07) is 3.12. The first-order chi connectivity index (χ1) is 15.7. The summed E-state index contributed by atoms with van der Waals surface area (Å²) >= 11 is 0. The zero-order valence-corrected chi connectivity index (χ0v) is 21.0. The average Bonchev–Trinajstić information content (AvgIpc) is 3.29. The molecule has 3 aliphatic rings. The van der Waals surface area contributed by atoms with Crippen LogP contribution in [0.25, 0.3) is 0 Å². The fourth-order valence-electron chi connectivity index (χ4n) is 5.90. The molecule has 0 aromatic heterocycles. The van der Waals surface area contributed by atoms with Crippen LogP contribution in [0.4, 0.5) is 0 Å². The van der Waals surface area contributed by atoms with Crippen LogP contribution in [0.2, 0.25) is 0 Å². The summed E-state index contributed by atoms with van der Waals surface area (Å²) < 4.78 is 28.6. The number of benzene rings is 1. The average molecular weight is 476 g/mol. The van der Waals surface area contributed by atoms with E-state index in [1.165, 1.54) is 10.7 Å². The maximum absolute atomic E-state index is 13.6. The Morgan fingerprint density at radius 3 is 1.94 bits per heavy atom. The third-order valence-corrected chi connectivity index (χ3v) is 9.70. The maximum atomic E-state index is 13.6. The topological polar surface area (TPSA) is 78.0 Å². The number of nitrogens with zero attached hydrogens (tertiary/aromatic N) is 3. The van der Waals surface area contributed by atoms with E-state index in [4.69, 9.17) is 0 Å². The number of hydrogen-bond acceptors (Lipinski definition) is 4. The van der Waals surface area contributed by atoms with Gasteiger partial charge in [0.1, 0.15) is 6.04 Å². The lowest BCUT2D eigenvalue weighted by Crippen LogP contribution is -2.51. The van der Waals surface area contributed by atoms with Crippen molar-refractivity contribution < 1.29 is 18.0 Å². The monoisotopic (exact) mass is 475 g/mol. The number of aryl methyl sites for hydroxylation is 3. The minimum Gasteiger partial charge on any atom is -0.342 e. The molecular formula is C25H37N3O4S. The van der Waals surface area contributed by atoms with E-state index < -0.39 is 16.1 Å². The highest BCUT2D eigenvalue weighted by molar-refractivity contribution is 7.89. The van der Waals surface area contributed by atoms with Gasteiger partial charge in [0.2, 0.25) is 21.8 Å². The van der Waals surface area contributed by atoms with Crippen LogP contribution >= 0.6 is 0 Å². The molecule has 0 saturated carbocycles. The highest BCUT2D eigenvalue weighted by atomic mass is 32.2. The smallest absolute Gasteiger partial charge is 0.244 e. The number of carbonyl (C=O) groups excluding carboxylic acids is 2. The summed E-state index contributed by atoms with van der Waals surface area (Å²) in [7, 11) is -3.76. The number of likely N-dealkylation sites (tertiary alicyclic amines) is 2. The van der Waals surface area contributed by atoms with E-state index in [-0.39, 0.29) is 17.7 Å². The SMILES string of the molecule is Cc1cc(C)c(S(=O)(=O)N2CCCC2C(=O)N2CCC(C(=O)N3CCCCC3)CC2)c(C)c1. The zero-order valence-electron chi connectivity index (χ0n) is 20.2. The highest BCUT2D eigenvalue weighted by Crippen LogP contribution is 2.32. The molecule has 182 valence electrons. The number of amides is 2. The van der Waals surface area contributed by atoms with Gasteiger partial charge >= 0.3 is 0 Å².